The summed E-state index contributed by atoms with van der Waals surface area (Å²) < 4.78 is 0. The Kier molecular flexibility index (Phi) is 14.7. The fourth-order valence-electron chi connectivity index (χ4n) is 3.75. The number of nitrogens with two attached hydrogens (primary N) is 4. The van der Waals surface area contributed by atoms with Crippen LogP contribution in [0.15, 0.2) is 35.3 Å². The molecule has 4 amide bonds. The summed E-state index contributed by atoms with van der Waals surface area (Å²) in [5.41, 5.74) is 22.4. The lowest BCUT2D eigenvalue weighted by molar-refractivity contribution is -0.142. The van der Waals surface area contributed by atoms with Gasteiger partial charge in [-0.3, -0.25) is 24.2 Å². The van der Waals surface area contributed by atoms with Crippen LogP contribution in [0.3, 0.4) is 0 Å². The minimum Gasteiger partial charge on any atom is -0.480 e. The smallest absolute Gasteiger partial charge is 0.326 e. The molecule has 14 heteroatoms. The Morgan fingerprint density at radius 1 is 0.900 bits per heavy atom. The predicted molar refractivity (Wildman–Crippen MR) is 149 cm³/mol. The molecular weight excluding hydrogens is 520 g/mol. The minimum atomic E-state index is -1.25. The van der Waals surface area contributed by atoms with E-state index in [9.17, 15) is 29.1 Å². The average Bonchev–Trinajstić information content (AvgIpc) is 2.91. The van der Waals surface area contributed by atoms with Crippen LogP contribution in [0.1, 0.15) is 51.5 Å². The molecule has 0 saturated heterocycles. The van der Waals surface area contributed by atoms with Crippen molar-refractivity contribution in [2.75, 3.05) is 6.54 Å². The fraction of sp³-hybridized carbons (Fsp3) is 0.538. The molecule has 1 aromatic rings. The number of carbonyl (C=O) groups is 5. The van der Waals surface area contributed by atoms with Gasteiger partial charge in [-0.1, -0.05) is 50.6 Å². The Labute approximate surface area is 233 Å². The number of carboxylic acids is 1. The lowest BCUT2D eigenvalue weighted by Crippen LogP contribution is -2.58. The van der Waals surface area contributed by atoms with E-state index in [1.54, 1.807) is 37.3 Å². The van der Waals surface area contributed by atoms with Crippen LogP contribution in [-0.4, -0.2) is 71.4 Å². The second kappa shape index (κ2) is 17.4. The molecule has 0 spiro atoms. The molecule has 40 heavy (non-hydrogen) atoms. The molecule has 0 saturated carbocycles. The van der Waals surface area contributed by atoms with Crippen LogP contribution in [0.25, 0.3) is 0 Å². The number of rotatable bonds is 18. The zero-order valence-corrected chi connectivity index (χ0v) is 23.0. The fourth-order valence-corrected chi connectivity index (χ4v) is 3.75. The van der Waals surface area contributed by atoms with Gasteiger partial charge in [0.2, 0.25) is 23.6 Å². The summed E-state index contributed by atoms with van der Waals surface area (Å²) in [6, 6.07) is 4.26. The van der Waals surface area contributed by atoms with Gasteiger partial charge in [-0.15, -0.1) is 0 Å². The maximum atomic E-state index is 13.3. The van der Waals surface area contributed by atoms with E-state index in [1.165, 1.54) is 0 Å². The molecule has 0 bridgehead atoms. The molecule has 0 radical (unpaired) electrons. The van der Waals surface area contributed by atoms with Crippen molar-refractivity contribution < 1.29 is 29.1 Å². The third-order valence-corrected chi connectivity index (χ3v) is 6.31. The van der Waals surface area contributed by atoms with Crippen molar-refractivity contribution in [1.29, 1.82) is 0 Å². The first-order valence-electron chi connectivity index (χ1n) is 13.1. The topological polar surface area (TPSA) is 258 Å². The molecular formula is C26H42N8O6. The highest BCUT2D eigenvalue weighted by Gasteiger charge is 2.32. The van der Waals surface area contributed by atoms with Crippen molar-refractivity contribution in [2.24, 2.45) is 33.8 Å². The van der Waals surface area contributed by atoms with E-state index in [0.717, 1.165) is 0 Å². The molecule has 5 unspecified atom stereocenters. The lowest BCUT2D eigenvalue weighted by Gasteiger charge is -2.28. The number of aliphatic carboxylic acids is 1. The van der Waals surface area contributed by atoms with Gasteiger partial charge in [0.05, 0.1) is 6.04 Å². The number of nitrogens with zero attached hydrogens (tertiary/aromatic N) is 1. The Balaban J connectivity index is 3.08. The number of primary amides is 1. The third-order valence-electron chi connectivity index (χ3n) is 6.31. The van der Waals surface area contributed by atoms with Crippen LogP contribution < -0.4 is 38.9 Å². The Hall–Kier alpha value is -4.20. The van der Waals surface area contributed by atoms with Crippen LogP contribution in [-0.2, 0) is 30.4 Å². The molecule has 0 aliphatic rings. The summed E-state index contributed by atoms with van der Waals surface area (Å²) in [7, 11) is 0. The maximum absolute atomic E-state index is 13.3. The Morgan fingerprint density at radius 3 is 2.08 bits per heavy atom. The molecule has 5 atom stereocenters. The Bertz CT molecular complexity index is 1030. The van der Waals surface area contributed by atoms with E-state index in [-0.39, 0.29) is 44.1 Å². The van der Waals surface area contributed by atoms with Gasteiger partial charge in [0.1, 0.15) is 18.1 Å². The van der Waals surface area contributed by atoms with E-state index < -0.39 is 53.8 Å². The van der Waals surface area contributed by atoms with E-state index in [4.69, 9.17) is 22.9 Å². The van der Waals surface area contributed by atoms with Crippen molar-refractivity contribution in [3.05, 3.63) is 35.9 Å². The molecule has 0 aliphatic carbocycles. The van der Waals surface area contributed by atoms with Crippen molar-refractivity contribution in [3.63, 3.8) is 0 Å². The summed E-state index contributed by atoms with van der Waals surface area (Å²) in [6.07, 6.45) is 0.834. The maximum Gasteiger partial charge on any atom is 0.326 e. The van der Waals surface area contributed by atoms with Gasteiger partial charge in [-0.25, -0.2) is 4.79 Å². The quantitative estimate of drug-likeness (QED) is 0.0585. The van der Waals surface area contributed by atoms with Crippen molar-refractivity contribution in [2.45, 2.75) is 76.5 Å². The lowest BCUT2D eigenvalue weighted by atomic mass is 9.96. The molecule has 14 nitrogen and oxygen atoms in total. The van der Waals surface area contributed by atoms with Gasteiger partial charge in [0, 0.05) is 19.4 Å². The summed E-state index contributed by atoms with van der Waals surface area (Å²) in [5.74, 6) is -4.34. The number of carbonyl (C=O) groups excluding carboxylic acids is 4. The summed E-state index contributed by atoms with van der Waals surface area (Å²) in [6.45, 7) is 3.74. The standard InChI is InChI=1S/C26H42N8O6/c1-3-15(2)21(34-22(36)17(27)11-12-20(28)35)24(38)32-18(10-7-13-31-26(29)30)23(37)33-19(25(39)40)14-16-8-5-4-6-9-16/h4-6,8-9,15,17-19,21H,3,7,10-14,27H2,1-2H3,(H2,28,35)(H,32,38)(H,33,37)(H,34,36)(H,39,40)(H4,29,30,31). The summed E-state index contributed by atoms with van der Waals surface area (Å²) in [4.78, 5) is 66.0. The number of aliphatic imine (C=N–C) groups is 1. The van der Waals surface area contributed by atoms with E-state index in [2.05, 4.69) is 20.9 Å². The predicted octanol–water partition coefficient (Wildman–Crippen LogP) is -1.54. The SMILES string of the molecule is CCC(C)C(NC(=O)C(N)CCC(N)=O)C(=O)NC(CCCN=C(N)N)C(=O)NC(Cc1ccccc1)C(=O)O. The third kappa shape index (κ3) is 12.6. The molecule has 1 aromatic carbocycles. The zero-order valence-electron chi connectivity index (χ0n) is 23.0. The number of nitrogens with one attached hydrogen (secondary N) is 3. The first-order valence-corrected chi connectivity index (χ1v) is 13.1. The van der Waals surface area contributed by atoms with Crippen LogP contribution in [0.4, 0.5) is 0 Å². The zero-order chi connectivity index (χ0) is 30.2. The van der Waals surface area contributed by atoms with Gasteiger partial charge in [0.15, 0.2) is 5.96 Å². The normalized spacial score (nSPS) is 14.5. The highest BCUT2D eigenvalue weighted by molar-refractivity contribution is 5.94. The van der Waals surface area contributed by atoms with Crippen molar-refractivity contribution >= 4 is 35.6 Å². The van der Waals surface area contributed by atoms with E-state index in [0.29, 0.717) is 18.4 Å². The molecule has 0 heterocycles. The molecule has 0 aromatic heterocycles. The van der Waals surface area contributed by atoms with E-state index >= 15 is 0 Å². The monoisotopic (exact) mass is 562 g/mol. The highest BCUT2D eigenvalue weighted by Crippen LogP contribution is 2.11. The molecule has 0 fully saturated rings. The van der Waals surface area contributed by atoms with Crippen molar-refractivity contribution in [3.8, 4) is 0 Å². The van der Waals surface area contributed by atoms with Crippen LogP contribution in [0.5, 0.6) is 0 Å². The largest absolute Gasteiger partial charge is 0.480 e. The van der Waals surface area contributed by atoms with Gasteiger partial charge in [0.25, 0.3) is 0 Å². The molecule has 222 valence electrons. The van der Waals surface area contributed by atoms with E-state index in [1.807, 2.05) is 6.92 Å². The minimum absolute atomic E-state index is 0.00379. The molecule has 1 rings (SSSR count). The van der Waals surface area contributed by atoms with Crippen LogP contribution in [0.2, 0.25) is 0 Å². The van der Waals surface area contributed by atoms with Gasteiger partial charge < -0.3 is 44.0 Å². The number of benzene rings is 1. The second-order valence-corrected chi connectivity index (χ2v) is 9.58. The van der Waals surface area contributed by atoms with Gasteiger partial charge >= 0.3 is 5.97 Å². The van der Waals surface area contributed by atoms with Gasteiger partial charge in [-0.05, 0) is 30.7 Å². The number of guanidine groups is 1. The summed E-state index contributed by atoms with van der Waals surface area (Å²) in [5, 5.41) is 17.4. The highest BCUT2D eigenvalue weighted by atomic mass is 16.4. The Morgan fingerprint density at radius 2 is 1.52 bits per heavy atom. The number of carboxylic acid groups (broad SMARTS) is 1. The first-order chi connectivity index (χ1) is 18.8. The molecule has 0 aliphatic heterocycles. The number of hydrogen-bond acceptors (Lipinski definition) is 7. The van der Waals surface area contributed by atoms with Crippen molar-refractivity contribution in [1.82, 2.24) is 16.0 Å². The van der Waals surface area contributed by atoms with Gasteiger partial charge in [-0.2, -0.15) is 0 Å². The summed E-state index contributed by atoms with van der Waals surface area (Å²) >= 11 is 0. The first kappa shape index (κ1) is 33.8. The number of amides is 4. The second-order valence-electron chi connectivity index (χ2n) is 9.58. The molecule has 12 N–H and O–H groups in total. The van der Waals surface area contributed by atoms with Crippen LogP contribution >= 0.6 is 0 Å². The average molecular weight is 563 g/mol. The number of hydrogen-bond donors (Lipinski definition) is 8. The van der Waals surface area contributed by atoms with Crippen LogP contribution in [0, 0.1) is 5.92 Å².